The average molecular weight is 395 g/mol. The van der Waals surface area contributed by atoms with E-state index in [2.05, 4.69) is 15.1 Å². The van der Waals surface area contributed by atoms with Crippen LogP contribution in [0.4, 0.5) is 5.95 Å². The summed E-state index contributed by atoms with van der Waals surface area (Å²) < 4.78 is 7.32. The maximum absolute atomic E-state index is 12.1. The predicted molar refractivity (Wildman–Crippen MR) is 95.7 cm³/mol. The number of hydrogen-bond donors (Lipinski definition) is 2. The number of aryl methyl sites for hydroxylation is 1. The lowest BCUT2D eigenvalue weighted by atomic mass is 10.4. The molecule has 0 saturated carbocycles. The SMILES string of the molecule is Cc1cnc(N)n(Cc2nc(CN(O)Sc3ccc(Cl)cc3)no2)c1=O. The van der Waals surface area contributed by atoms with Gasteiger partial charge in [-0.25, -0.2) is 4.98 Å². The van der Waals surface area contributed by atoms with Gasteiger partial charge in [0.2, 0.25) is 11.8 Å². The predicted octanol–water partition coefficient (Wildman–Crippen LogP) is 2.12. The van der Waals surface area contributed by atoms with Crippen LogP contribution in [-0.4, -0.2) is 29.4 Å². The fourth-order valence-corrected chi connectivity index (χ4v) is 2.89. The molecule has 0 amide bonds. The summed E-state index contributed by atoms with van der Waals surface area (Å²) in [6, 6.07) is 7.00. The number of hydrogen-bond acceptors (Lipinski definition) is 9. The minimum Gasteiger partial charge on any atom is -0.369 e. The monoisotopic (exact) mass is 394 g/mol. The van der Waals surface area contributed by atoms with Crippen molar-refractivity contribution in [3.05, 3.63) is 63.1 Å². The molecule has 0 spiro atoms. The minimum atomic E-state index is -0.278. The smallest absolute Gasteiger partial charge is 0.258 e. The van der Waals surface area contributed by atoms with Crippen molar-refractivity contribution in [2.75, 3.05) is 5.73 Å². The highest BCUT2D eigenvalue weighted by Gasteiger charge is 2.14. The molecular weight excluding hydrogens is 380 g/mol. The molecule has 1 aromatic carbocycles. The first-order valence-corrected chi connectivity index (χ1v) is 8.61. The molecule has 0 bridgehead atoms. The highest BCUT2D eigenvalue weighted by Crippen LogP contribution is 2.23. The van der Waals surface area contributed by atoms with E-state index in [4.69, 9.17) is 21.9 Å². The Hall–Kier alpha value is -2.40. The number of nitrogens with two attached hydrogens (primary N) is 1. The van der Waals surface area contributed by atoms with Crippen LogP contribution in [-0.2, 0) is 13.1 Å². The molecule has 3 rings (SSSR count). The van der Waals surface area contributed by atoms with Crippen LogP contribution >= 0.6 is 23.5 Å². The number of hydroxylamine groups is 1. The van der Waals surface area contributed by atoms with Gasteiger partial charge in [0, 0.05) is 21.7 Å². The highest BCUT2D eigenvalue weighted by atomic mass is 35.5. The van der Waals surface area contributed by atoms with Crippen molar-refractivity contribution in [1.82, 2.24) is 24.2 Å². The van der Waals surface area contributed by atoms with Crippen LogP contribution in [0.2, 0.25) is 5.02 Å². The Balaban J connectivity index is 1.65. The fourth-order valence-electron chi connectivity index (χ4n) is 2.08. The first-order chi connectivity index (χ1) is 12.4. The molecule has 3 aromatic rings. The van der Waals surface area contributed by atoms with E-state index in [-0.39, 0.29) is 36.3 Å². The van der Waals surface area contributed by atoms with Crippen LogP contribution in [0.3, 0.4) is 0 Å². The van der Waals surface area contributed by atoms with Crippen molar-refractivity contribution in [3.63, 3.8) is 0 Å². The van der Waals surface area contributed by atoms with E-state index in [1.54, 1.807) is 31.2 Å². The molecule has 9 nitrogen and oxygen atoms in total. The molecule has 0 atom stereocenters. The molecule has 3 N–H and O–H groups in total. The van der Waals surface area contributed by atoms with Gasteiger partial charge < -0.3 is 15.5 Å². The largest absolute Gasteiger partial charge is 0.369 e. The van der Waals surface area contributed by atoms with E-state index in [0.717, 1.165) is 21.3 Å². The maximum Gasteiger partial charge on any atom is 0.258 e. The zero-order valence-corrected chi connectivity index (χ0v) is 15.2. The molecule has 26 heavy (non-hydrogen) atoms. The van der Waals surface area contributed by atoms with E-state index in [1.165, 1.54) is 10.8 Å². The van der Waals surface area contributed by atoms with E-state index in [1.807, 2.05) is 0 Å². The standard InChI is InChI=1S/C15H15ClN6O3S/c1-9-6-18-15(17)21(14(9)23)8-13-19-12(20-25-13)7-22(24)26-11-4-2-10(16)3-5-11/h2-6,24H,7-8H2,1H3,(H2,17,18). The van der Waals surface area contributed by atoms with Gasteiger partial charge in [-0.05, 0) is 43.1 Å². The van der Waals surface area contributed by atoms with Crippen molar-refractivity contribution >= 4 is 29.5 Å². The van der Waals surface area contributed by atoms with Gasteiger partial charge in [-0.2, -0.15) is 4.98 Å². The molecule has 2 heterocycles. The molecule has 0 fully saturated rings. The lowest BCUT2D eigenvalue weighted by Crippen LogP contribution is -2.26. The van der Waals surface area contributed by atoms with E-state index < -0.39 is 0 Å². The second kappa shape index (κ2) is 7.87. The first kappa shape index (κ1) is 18.4. The zero-order valence-electron chi connectivity index (χ0n) is 13.7. The van der Waals surface area contributed by atoms with Crippen molar-refractivity contribution in [3.8, 4) is 0 Å². The first-order valence-electron chi connectivity index (χ1n) is 7.45. The number of aromatic nitrogens is 4. The zero-order chi connectivity index (χ0) is 18.7. The number of benzene rings is 1. The second-order valence-corrected chi connectivity index (χ2v) is 6.86. The Bertz CT molecular complexity index is 959. The molecule has 0 aliphatic carbocycles. The van der Waals surface area contributed by atoms with E-state index in [9.17, 15) is 10.0 Å². The topological polar surface area (TPSA) is 123 Å². The van der Waals surface area contributed by atoms with Crippen molar-refractivity contribution < 1.29 is 9.73 Å². The maximum atomic E-state index is 12.1. The lowest BCUT2D eigenvalue weighted by Gasteiger charge is -2.10. The van der Waals surface area contributed by atoms with Gasteiger partial charge in [-0.3, -0.25) is 9.36 Å². The van der Waals surface area contributed by atoms with Gasteiger partial charge in [-0.15, -0.1) is 4.47 Å². The van der Waals surface area contributed by atoms with Gasteiger partial charge >= 0.3 is 0 Å². The highest BCUT2D eigenvalue weighted by molar-refractivity contribution is 7.96. The van der Waals surface area contributed by atoms with Crippen molar-refractivity contribution in [2.24, 2.45) is 0 Å². The normalized spacial score (nSPS) is 11.2. The summed E-state index contributed by atoms with van der Waals surface area (Å²) in [6.45, 7) is 1.66. The molecule has 136 valence electrons. The number of halogens is 1. The molecule has 0 aliphatic heterocycles. The van der Waals surface area contributed by atoms with Gasteiger partial charge in [0.05, 0.1) is 6.54 Å². The number of nitrogen functional groups attached to an aromatic ring is 1. The Morgan fingerprint density at radius 3 is 2.85 bits per heavy atom. The fraction of sp³-hybridized carbons (Fsp3) is 0.200. The molecule has 2 aromatic heterocycles. The summed E-state index contributed by atoms with van der Waals surface area (Å²) in [7, 11) is 0. The van der Waals surface area contributed by atoms with Gasteiger partial charge in [-0.1, -0.05) is 16.8 Å². The van der Waals surface area contributed by atoms with E-state index >= 15 is 0 Å². The van der Waals surface area contributed by atoms with Crippen LogP contribution in [0.1, 0.15) is 17.3 Å². The van der Waals surface area contributed by atoms with Crippen molar-refractivity contribution in [1.29, 1.82) is 0 Å². The number of nitrogens with zero attached hydrogens (tertiary/aromatic N) is 5. The molecule has 0 radical (unpaired) electrons. The summed E-state index contributed by atoms with van der Waals surface area (Å²) in [6.07, 6.45) is 1.41. The van der Waals surface area contributed by atoms with Gasteiger partial charge in [0.1, 0.15) is 6.54 Å². The molecule has 0 aliphatic rings. The van der Waals surface area contributed by atoms with Crippen molar-refractivity contribution in [2.45, 2.75) is 24.9 Å². The third-order valence-electron chi connectivity index (χ3n) is 3.35. The van der Waals surface area contributed by atoms with E-state index in [0.29, 0.717) is 10.6 Å². The Morgan fingerprint density at radius 2 is 2.12 bits per heavy atom. The summed E-state index contributed by atoms with van der Waals surface area (Å²) in [5, 5.41) is 14.4. The Kier molecular flexibility index (Phi) is 5.57. The summed E-state index contributed by atoms with van der Waals surface area (Å²) >= 11 is 6.91. The average Bonchev–Trinajstić information content (AvgIpc) is 3.04. The van der Waals surface area contributed by atoms with Crippen LogP contribution in [0, 0.1) is 6.92 Å². The van der Waals surface area contributed by atoms with Crippen LogP contribution in [0.5, 0.6) is 0 Å². The summed E-state index contributed by atoms with van der Waals surface area (Å²) in [5.74, 6) is 0.504. The van der Waals surface area contributed by atoms with Gasteiger partial charge in [0.15, 0.2) is 5.82 Å². The minimum absolute atomic E-state index is 0.00209. The van der Waals surface area contributed by atoms with Crippen LogP contribution < -0.4 is 11.3 Å². The summed E-state index contributed by atoms with van der Waals surface area (Å²) in [4.78, 5) is 21.0. The van der Waals surface area contributed by atoms with Crippen LogP contribution in [0.15, 0.2) is 44.7 Å². The molecule has 0 unspecified atom stereocenters. The Labute approximate surface area is 157 Å². The molecular formula is C15H15ClN6O3S. The molecule has 0 saturated heterocycles. The summed E-state index contributed by atoms with van der Waals surface area (Å²) in [5.41, 5.74) is 5.90. The molecule has 11 heteroatoms. The van der Waals surface area contributed by atoms with Gasteiger partial charge in [0.25, 0.3) is 5.56 Å². The number of rotatable bonds is 6. The number of anilines is 1. The van der Waals surface area contributed by atoms with Crippen LogP contribution in [0.25, 0.3) is 0 Å². The third kappa shape index (κ3) is 4.41. The quantitative estimate of drug-likeness (QED) is 0.477. The Morgan fingerprint density at radius 1 is 1.38 bits per heavy atom. The third-order valence-corrected chi connectivity index (χ3v) is 4.43. The second-order valence-electron chi connectivity index (χ2n) is 5.35. The lowest BCUT2D eigenvalue weighted by molar-refractivity contribution is 0.00616.